The molecule has 0 N–H and O–H groups in total. The number of benzene rings is 2. The second kappa shape index (κ2) is 8.15. The Labute approximate surface area is 168 Å². The summed E-state index contributed by atoms with van der Waals surface area (Å²) in [5, 5.41) is 0.847. The van der Waals surface area contributed by atoms with E-state index in [1.807, 2.05) is 79.8 Å². The van der Waals surface area contributed by atoms with Crippen LogP contribution in [0, 0.1) is 0 Å². The van der Waals surface area contributed by atoms with E-state index >= 15 is 0 Å². The molecule has 0 atom stereocenters. The van der Waals surface area contributed by atoms with Gasteiger partial charge in [0.25, 0.3) is 5.91 Å². The summed E-state index contributed by atoms with van der Waals surface area (Å²) in [4.78, 5) is 24.5. The molecule has 28 heavy (non-hydrogen) atoms. The molecule has 0 bridgehead atoms. The molecule has 0 saturated heterocycles. The molecular weight excluding hydrogens is 366 g/mol. The third-order valence-corrected chi connectivity index (χ3v) is 5.50. The summed E-state index contributed by atoms with van der Waals surface area (Å²) in [5.74, 6) is -0.0321. The van der Waals surface area contributed by atoms with Crippen molar-refractivity contribution in [3.05, 3.63) is 95.6 Å². The molecule has 2 aromatic heterocycles. The molecule has 2 aromatic carbocycles. The SMILES string of the molecule is CN(Cc1ccncc1)C(=O)c1sc(-c2ccccc2)nc1-c1ccccc1. The van der Waals surface area contributed by atoms with Crippen molar-refractivity contribution in [2.24, 2.45) is 0 Å². The second-order valence-electron chi connectivity index (χ2n) is 6.45. The molecular formula is C23H19N3OS. The Bertz CT molecular complexity index is 1060. The van der Waals surface area contributed by atoms with Crippen molar-refractivity contribution in [2.75, 3.05) is 7.05 Å². The first-order valence-corrected chi connectivity index (χ1v) is 9.80. The summed E-state index contributed by atoms with van der Waals surface area (Å²) < 4.78 is 0. The van der Waals surface area contributed by atoms with E-state index in [2.05, 4.69) is 4.98 Å². The summed E-state index contributed by atoms with van der Waals surface area (Å²) in [7, 11) is 1.82. The molecule has 0 aliphatic heterocycles. The fourth-order valence-electron chi connectivity index (χ4n) is 2.97. The molecule has 0 fully saturated rings. The Morgan fingerprint density at radius 3 is 2.14 bits per heavy atom. The lowest BCUT2D eigenvalue weighted by Crippen LogP contribution is -2.25. The minimum atomic E-state index is -0.0321. The summed E-state index contributed by atoms with van der Waals surface area (Å²) in [6, 6.07) is 23.7. The zero-order valence-corrected chi connectivity index (χ0v) is 16.3. The van der Waals surface area contributed by atoms with Gasteiger partial charge in [0.05, 0.1) is 5.69 Å². The van der Waals surface area contributed by atoms with Crippen LogP contribution in [0.5, 0.6) is 0 Å². The van der Waals surface area contributed by atoms with Gasteiger partial charge < -0.3 is 4.90 Å². The zero-order chi connectivity index (χ0) is 19.3. The van der Waals surface area contributed by atoms with Gasteiger partial charge >= 0.3 is 0 Å². The predicted octanol–water partition coefficient (Wildman–Crippen LogP) is 5.14. The van der Waals surface area contributed by atoms with Crippen LogP contribution in [0.3, 0.4) is 0 Å². The van der Waals surface area contributed by atoms with Crippen molar-refractivity contribution in [1.29, 1.82) is 0 Å². The maximum absolute atomic E-state index is 13.3. The molecule has 0 unspecified atom stereocenters. The number of pyridine rings is 1. The van der Waals surface area contributed by atoms with Gasteiger partial charge in [0.15, 0.2) is 0 Å². The number of amides is 1. The van der Waals surface area contributed by atoms with E-state index in [0.717, 1.165) is 27.4 Å². The number of rotatable bonds is 5. The molecule has 2 heterocycles. The molecule has 138 valence electrons. The van der Waals surface area contributed by atoms with Gasteiger partial charge in [-0.15, -0.1) is 11.3 Å². The van der Waals surface area contributed by atoms with Gasteiger partial charge in [-0.25, -0.2) is 4.98 Å². The number of nitrogens with zero attached hydrogens (tertiary/aromatic N) is 3. The molecule has 4 aromatic rings. The monoisotopic (exact) mass is 385 g/mol. The number of hydrogen-bond acceptors (Lipinski definition) is 4. The smallest absolute Gasteiger partial charge is 0.266 e. The van der Waals surface area contributed by atoms with Gasteiger partial charge in [0, 0.05) is 37.1 Å². The van der Waals surface area contributed by atoms with Crippen LogP contribution in [0.2, 0.25) is 0 Å². The first kappa shape index (κ1) is 18.1. The molecule has 5 heteroatoms. The Morgan fingerprint density at radius 2 is 1.50 bits per heavy atom. The van der Waals surface area contributed by atoms with E-state index in [-0.39, 0.29) is 5.91 Å². The fourth-order valence-corrected chi connectivity index (χ4v) is 4.06. The van der Waals surface area contributed by atoms with Crippen LogP contribution in [0.1, 0.15) is 15.2 Å². The Hall–Kier alpha value is -3.31. The number of carbonyl (C=O) groups excluding carboxylic acids is 1. The van der Waals surface area contributed by atoms with E-state index < -0.39 is 0 Å². The number of thiazole rings is 1. The first-order chi connectivity index (χ1) is 13.7. The quantitative estimate of drug-likeness (QED) is 0.478. The van der Waals surface area contributed by atoms with Crippen molar-refractivity contribution in [3.63, 3.8) is 0 Å². The maximum Gasteiger partial charge on any atom is 0.266 e. The summed E-state index contributed by atoms with van der Waals surface area (Å²) >= 11 is 1.44. The van der Waals surface area contributed by atoms with E-state index in [9.17, 15) is 4.79 Å². The minimum absolute atomic E-state index is 0.0321. The van der Waals surface area contributed by atoms with Gasteiger partial charge in [-0.1, -0.05) is 60.7 Å². The highest BCUT2D eigenvalue weighted by atomic mass is 32.1. The molecule has 4 nitrogen and oxygen atoms in total. The van der Waals surface area contributed by atoms with Crippen molar-refractivity contribution in [1.82, 2.24) is 14.9 Å². The van der Waals surface area contributed by atoms with Crippen LogP contribution in [-0.2, 0) is 6.54 Å². The van der Waals surface area contributed by atoms with E-state index in [1.165, 1.54) is 11.3 Å². The summed E-state index contributed by atoms with van der Waals surface area (Å²) in [6.07, 6.45) is 3.48. The predicted molar refractivity (Wildman–Crippen MR) is 113 cm³/mol. The first-order valence-electron chi connectivity index (χ1n) is 8.98. The van der Waals surface area contributed by atoms with E-state index in [0.29, 0.717) is 11.4 Å². The van der Waals surface area contributed by atoms with Crippen LogP contribution >= 0.6 is 11.3 Å². The van der Waals surface area contributed by atoms with E-state index in [4.69, 9.17) is 4.98 Å². The number of carbonyl (C=O) groups is 1. The standard InChI is InChI=1S/C23H19N3OS/c1-26(16-17-12-14-24-15-13-17)23(27)21-20(18-8-4-2-5-9-18)25-22(28-21)19-10-6-3-7-11-19/h2-15H,16H2,1H3. The topological polar surface area (TPSA) is 46.1 Å². The Morgan fingerprint density at radius 1 is 0.893 bits per heavy atom. The number of aromatic nitrogens is 2. The van der Waals surface area contributed by atoms with Gasteiger partial charge in [-0.3, -0.25) is 9.78 Å². The molecule has 1 amide bonds. The molecule has 0 aliphatic rings. The maximum atomic E-state index is 13.3. The highest BCUT2D eigenvalue weighted by Crippen LogP contribution is 2.34. The third-order valence-electron chi connectivity index (χ3n) is 4.41. The zero-order valence-electron chi connectivity index (χ0n) is 15.4. The van der Waals surface area contributed by atoms with Crippen LogP contribution in [0.4, 0.5) is 0 Å². The van der Waals surface area contributed by atoms with Crippen molar-refractivity contribution in [2.45, 2.75) is 6.54 Å². The van der Waals surface area contributed by atoms with Crippen LogP contribution in [-0.4, -0.2) is 27.8 Å². The fraction of sp³-hybridized carbons (Fsp3) is 0.0870. The lowest BCUT2D eigenvalue weighted by molar-refractivity contribution is 0.0790. The Kier molecular flexibility index (Phi) is 5.26. The van der Waals surface area contributed by atoms with E-state index in [1.54, 1.807) is 17.3 Å². The highest BCUT2D eigenvalue weighted by Gasteiger charge is 2.23. The summed E-state index contributed by atoms with van der Waals surface area (Å²) in [6.45, 7) is 0.522. The van der Waals surface area contributed by atoms with Crippen molar-refractivity contribution >= 4 is 17.2 Å². The van der Waals surface area contributed by atoms with Gasteiger partial charge in [0.2, 0.25) is 0 Å². The van der Waals surface area contributed by atoms with Gasteiger partial charge in [0.1, 0.15) is 9.88 Å². The average molecular weight is 385 g/mol. The normalized spacial score (nSPS) is 10.6. The van der Waals surface area contributed by atoms with Crippen LogP contribution in [0.15, 0.2) is 85.2 Å². The summed E-state index contributed by atoms with van der Waals surface area (Å²) in [5.41, 5.74) is 3.73. The van der Waals surface area contributed by atoms with Crippen molar-refractivity contribution < 1.29 is 4.79 Å². The minimum Gasteiger partial charge on any atom is -0.337 e. The van der Waals surface area contributed by atoms with Crippen molar-refractivity contribution in [3.8, 4) is 21.8 Å². The highest BCUT2D eigenvalue weighted by molar-refractivity contribution is 7.17. The molecule has 4 rings (SSSR count). The average Bonchev–Trinajstić information content (AvgIpc) is 3.20. The molecule has 0 saturated carbocycles. The van der Waals surface area contributed by atoms with Crippen LogP contribution in [0.25, 0.3) is 21.8 Å². The largest absolute Gasteiger partial charge is 0.337 e. The molecule has 0 radical (unpaired) electrons. The van der Waals surface area contributed by atoms with Gasteiger partial charge in [-0.2, -0.15) is 0 Å². The third kappa shape index (κ3) is 3.85. The van der Waals surface area contributed by atoms with Crippen LogP contribution < -0.4 is 0 Å². The number of hydrogen-bond donors (Lipinski definition) is 0. The van der Waals surface area contributed by atoms with Gasteiger partial charge in [-0.05, 0) is 17.7 Å². The molecule has 0 spiro atoms. The Balaban J connectivity index is 1.72. The lowest BCUT2D eigenvalue weighted by atomic mass is 10.1. The molecule has 0 aliphatic carbocycles. The second-order valence-corrected chi connectivity index (χ2v) is 7.44. The lowest BCUT2D eigenvalue weighted by Gasteiger charge is -2.17.